The monoisotopic (exact) mass is 270 g/mol. The zero-order valence-corrected chi connectivity index (χ0v) is 11.2. The van der Waals surface area contributed by atoms with Crippen molar-refractivity contribution in [3.05, 3.63) is 17.8 Å². The van der Waals surface area contributed by atoms with Crippen LogP contribution in [0, 0.1) is 6.92 Å². The average molecular weight is 270 g/mol. The lowest BCUT2D eigenvalue weighted by Crippen LogP contribution is -1.93. The Morgan fingerprint density at radius 2 is 2.00 bits per heavy atom. The quantitative estimate of drug-likeness (QED) is 0.865. The normalized spacial score (nSPS) is 10.6. The second-order valence-corrected chi connectivity index (χ2v) is 6.26. The molecule has 0 saturated carbocycles. The minimum atomic E-state index is 0.714. The van der Waals surface area contributed by atoms with E-state index in [1.54, 1.807) is 23.1 Å². The van der Waals surface area contributed by atoms with Crippen molar-refractivity contribution in [3.63, 3.8) is 0 Å². The summed E-state index contributed by atoms with van der Waals surface area (Å²) in [5.74, 6) is 0. The van der Waals surface area contributed by atoms with Gasteiger partial charge in [-0.2, -0.15) is 0 Å². The predicted octanol–water partition coefficient (Wildman–Crippen LogP) is 2.70. The van der Waals surface area contributed by atoms with Gasteiger partial charge in [-0.15, -0.1) is 10.2 Å². The molecular weight excluding hydrogens is 260 g/mol. The van der Waals surface area contributed by atoms with Crippen LogP contribution in [0.5, 0.6) is 0 Å². The molecule has 0 aliphatic heterocycles. The van der Waals surface area contributed by atoms with Crippen molar-refractivity contribution in [2.24, 2.45) is 0 Å². The van der Waals surface area contributed by atoms with Gasteiger partial charge >= 0.3 is 0 Å². The van der Waals surface area contributed by atoms with E-state index in [0.717, 1.165) is 19.4 Å². The maximum atomic E-state index is 5.71. The first-order valence-corrected chi connectivity index (χ1v) is 7.33. The molecule has 84 valence electrons. The van der Waals surface area contributed by atoms with Crippen LogP contribution in [0.25, 0.3) is 0 Å². The Morgan fingerprint density at radius 3 is 2.62 bits per heavy atom. The highest BCUT2D eigenvalue weighted by atomic mass is 32.2. The summed E-state index contributed by atoms with van der Waals surface area (Å²) in [5.41, 5.74) is 7.27. The smallest absolute Gasteiger partial charge is 0.181 e. The molecular formula is C9H10N4S3. The van der Waals surface area contributed by atoms with E-state index in [0.29, 0.717) is 5.69 Å². The first-order chi connectivity index (χ1) is 7.69. The van der Waals surface area contributed by atoms with Crippen LogP contribution < -0.4 is 5.73 Å². The molecule has 0 aliphatic rings. The summed E-state index contributed by atoms with van der Waals surface area (Å²) in [6, 6.07) is 3.76. The molecule has 0 spiro atoms. The lowest BCUT2D eigenvalue weighted by Gasteiger charge is -2.00. The fraction of sp³-hybridized carbons (Fsp3) is 0.222. The topological polar surface area (TPSA) is 64.7 Å². The Hall–Kier alpha value is -0.790. The van der Waals surface area contributed by atoms with Crippen LogP contribution >= 0.6 is 34.9 Å². The molecule has 7 heteroatoms. The van der Waals surface area contributed by atoms with Gasteiger partial charge in [-0.05, 0) is 37.1 Å². The van der Waals surface area contributed by atoms with Gasteiger partial charge in [0.15, 0.2) is 8.68 Å². The molecule has 16 heavy (non-hydrogen) atoms. The van der Waals surface area contributed by atoms with Gasteiger partial charge in [0.2, 0.25) is 0 Å². The van der Waals surface area contributed by atoms with E-state index in [1.165, 1.54) is 11.8 Å². The van der Waals surface area contributed by atoms with Gasteiger partial charge in [0.05, 0.1) is 11.4 Å². The first kappa shape index (κ1) is 11.7. The largest absolute Gasteiger partial charge is 0.397 e. The molecule has 0 saturated heterocycles. The van der Waals surface area contributed by atoms with Crippen molar-refractivity contribution in [1.29, 1.82) is 0 Å². The summed E-state index contributed by atoms with van der Waals surface area (Å²) < 4.78 is 1.87. The SMILES string of the molecule is CSc1nnc(Sc2ccc(N)c(C)n2)s1. The molecule has 0 aromatic carbocycles. The lowest BCUT2D eigenvalue weighted by atomic mass is 10.3. The minimum absolute atomic E-state index is 0.714. The summed E-state index contributed by atoms with van der Waals surface area (Å²) in [7, 11) is 0. The highest BCUT2D eigenvalue weighted by molar-refractivity contribution is 8.02. The maximum Gasteiger partial charge on any atom is 0.181 e. The molecule has 2 aromatic rings. The van der Waals surface area contributed by atoms with Gasteiger partial charge < -0.3 is 5.73 Å². The zero-order chi connectivity index (χ0) is 11.5. The van der Waals surface area contributed by atoms with Crippen molar-refractivity contribution >= 4 is 40.5 Å². The van der Waals surface area contributed by atoms with Crippen LogP contribution in [0.15, 0.2) is 25.8 Å². The Bertz CT molecular complexity index is 497. The highest BCUT2D eigenvalue weighted by Crippen LogP contribution is 2.32. The fourth-order valence-electron chi connectivity index (χ4n) is 1.02. The number of nitrogen functional groups attached to an aromatic ring is 1. The average Bonchev–Trinajstić information content (AvgIpc) is 2.71. The van der Waals surface area contributed by atoms with Crippen LogP contribution in [-0.4, -0.2) is 21.4 Å². The third-order valence-electron chi connectivity index (χ3n) is 1.86. The molecule has 0 amide bonds. The number of aromatic nitrogens is 3. The van der Waals surface area contributed by atoms with E-state index in [4.69, 9.17) is 5.73 Å². The number of nitrogens with two attached hydrogens (primary N) is 1. The molecule has 2 heterocycles. The van der Waals surface area contributed by atoms with E-state index in [1.807, 2.05) is 25.3 Å². The van der Waals surface area contributed by atoms with E-state index < -0.39 is 0 Å². The van der Waals surface area contributed by atoms with Crippen molar-refractivity contribution in [1.82, 2.24) is 15.2 Å². The van der Waals surface area contributed by atoms with E-state index >= 15 is 0 Å². The van der Waals surface area contributed by atoms with Gasteiger partial charge in [0, 0.05) is 0 Å². The number of hydrogen-bond donors (Lipinski definition) is 1. The van der Waals surface area contributed by atoms with Crippen molar-refractivity contribution in [3.8, 4) is 0 Å². The number of nitrogens with zero attached hydrogens (tertiary/aromatic N) is 3. The molecule has 0 aliphatic carbocycles. The number of aryl methyl sites for hydroxylation is 1. The van der Waals surface area contributed by atoms with Crippen LogP contribution in [0.4, 0.5) is 5.69 Å². The van der Waals surface area contributed by atoms with Gasteiger partial charge in [-0.1, -0.05) is 23.1 Å². The molecule has 2 rings (SSSR count). The van der Waals surface area contributed by atoms with Crippen LogP contribution in [0.1, 0.15) is 5.69 Å². The zero-order valence-electron chi connectivity index (χ0n) is 8.80. The third-order valence-corrected chi connectivity index (χ3v) is 4.74. The Labute approximate surface area is 106 Å². The number of anilines is 1. The van der Waals surface area contributed by atoms with Crippen molar-refractivity contribution < 1.29 is 0 Å². The van der Waals surface area contributed by atoms with Crippen LogP contribution in [0.3, 0.4) is 0 Å². The van der Waals surface area contributed by atoms with Gasteiger partial charge in [0.1, 0.15) is 5.03 Å². The molecule has 2 N–H and O–H groups in total. The lowest BCUT2D eigenvalue weighted by molar-refractivity contribution is 0.952. The highest BCUT2D eigenvalue weighted by Gasteiger charge is 2.06. The first-order valence-electron chi connectivity index (χ1n) is 4.47. The standard InChI is InChI=1S/C9H10N4S3/c1-5-6(10)3-4-7(11-5)15-9-13-12-8(14-2)16-9/h3-4H,10H2,1-2H3. The van der Waals surface area contributed by atoms with Gasteiger partial charge in [-0.3, -0.25) is 0 Å². The van der Waals surface area contributed by atoms with Crippen molar-refractivity contribution in [2.75, 3.05) is 12.0 Å². The molecule has 0 radical (unpaired) electrons. The number of thioether (sulfide) groups is 1. The molecule has 0 unspecified atom stereocenters. The van der Waals surface area contributed by atoms with Crippen molar-refractivity contribution in [2.45, 2.75) is 20.6 Å². The molecule has 2 aromatic heterocycles. The predicted molar refractivity (Wildman–Crippen MR) is 69.2 cm³/mol. The number of pyridine rings is 1. The fourth-order valence-corrected chi connectivity index (χ4v) is 3.42. The van der Waals surface area contributed by atoms with Crippen LogP contribution in [-0.2, 0) is 0 Å². The summed E-state index contributed by atoms with van der Waals surface area (Å²) in [6.45, 7) is 1.90. The molecule has 0 bridgehead atoms. The number of rotatable bonds is 3. The van der Waals surface area contributed by atoms with E-state index in [2.05, 4.69) is 15.2 Å². The third kappa shape index (κ3) is 2.66. The molecule has 4 nitrogen and oxygen atoms in total. The molecule has 0 atom stereocenters. The minimum Gasteiger partial charge on any atom is -0.397 e. The Balaban J connectivity index is 2.17. The van der Waals surface area contributed by atoms with Crippen LogP contribution in [0.2, 0.25) is 0 Å². The second-order valence-electron chi connectivity index (χ2n) is 2.96. The maximum absolute atomic E-state index is 5.71. The van der Waals surface area contributed by atoms with Gasteiger partial charge in [-0.25, -0.2) is 4.98 Å². The van der Waals surface area contributed by atoms with E-state index in [9.17, 15) is 0 Å². The summed E-state index contributed by atoms with van der Waals surface area (Å²) in [4.78, 5) is 4.37. The molecule has 0 fully saturated rings. The summed E-state index contributed by atoms with van der Waals surface area (Å²) in [6.07, 6.45) is 1.99. The van der Waals surface area contributed by atoms with Gasteiger partial charge in [0.25, 0.3) is 0 Å². The summed E-state index contributed by atoms with van der Waals surface area (Å²) in [5, 5.41) is 9.00. The summed E-state index contributed by atoms with van der Waals surface area (Å²) >= 11 is 4.68. The Kier molecular flexibility index (Phi) is 3.67. The Morgan fingerprint density at radius 1 is 1.25 bits per heavy atom. The second kappa shape index (κ2) is 5.03. The van der Waals surface area contributed by atoms with E-state index in [-0.39, 0.29) is 0 Å². The number of hydrogen-bond acceptors (Lipinski definition) is 7.